The lowest BCUT2D eigenvalue weighted by molar-refractivity contribution is 0.0528. The monoisotopic (exact) mass is 541 g/mol. The lowest BCUT2D eigenvalue weighted by Crippen LogP contribution is -2.37. The number of ether oxygens (including phenoxy) is 4. The zero-order valence-electron chi connectivity index (χ0n) is 23.5. The number of carbonyl (C=O) groups excluding carboxylic acids is 1. The van der Waals surface area contributed by atoms with Crippen molar-refractivity contribution >= 4 is 29.4 Å². The average Bonchev–Trinajstić information content (AvgIpc) is 3.21. The van der Waals surface area contributed by atoms with Crippen LogP contribution in [-0.4, -0.2) is 51.1 Å². The van der Waals surface area contributed by atoms with Gasteiger partial charge in [0.05, 0.1) is 20.5 Å². The molecule has 12 nitrogen and oxygen atoms in total. The Hall–Kier alpha value is -4.48. The van der Waals surface area contributed by atoms with Gasteiger partial charge >= 0.3 is 11.8 Å². The fourth-order valence-corrected chi connectivity index (χ4v) is 3.72. The fourth-order valence-electron chi connectivity index (χ4n) is 3.72. The molecule has 0 fully saturated rings. The summed E-state index contributed by atoms with van der Waals surface area (Å²) in [7, 11) is 7.76. The molecular weight excluding hydrogens is 506 g/mol. The van der Waals surface area contributed by atoms with E-state index in [1.165, 1.54) is 32.1 Å². The fraction of sp³-hybridized carbons (Fsp3) is 0.407. The van der Waals surface area contributed by atoms with Crippen LogP contribution in [0, 0.1) is 0 Å². The molecule has 2 heterocycles. The van der Waals surface area contributed by atoms with E-state index in [2.05, 4.69) is 10.3 Å². The quantitative estimate of drug-likeness (QED) is 0.324. The second kappa shape index (κ2) is 11.9. The maximum atomic E-state index is 12.6. The van der Waals surface area contributed by atoms with Crippen molar-refractivity contribution in [2.45, 2.75) is 32.8 Å². The summed E-state index contributed by atoms with van der Waals surface area (Å²) in [6.45, 7) is 5.79. The van der Waals surface area contributed by atoms with E-state index in [0.29, 0.717) is 47.2 Å². The first-order valence-electron chi connectivity index (χ1n) is 12.2. The second-order valence-electron chi connectivity index (χ2n) is 9.70. The Balaban J connectivity index is 1.77. The predicted molar refractivity (Wildman–Crippen MR) is 148 cm³/mol. The van der Waals surface area contributed by atoms with Crippen LogP contribution in [0.15, 0.2) is 34.1 Å². The highest BCUT2D eigenvalue weighted by Gasteiger charge is 2.17. The van der Waals surface area contributed by atoms with Crippen molar-refractivity contribution in [3.05, 3.63) is 56.7 Å². The van der Waals surface area contributed by atoms with Crippen LogP contribution in [0.25, 0.3) is 23.3 Å². The van der Waals surface area contributed by atoms with Gasteiger partial charge in [-0.25, -0.2) is 14.6 Å². The number of aromatic nitrogens is 4. The van der Waals surface area contributed by atoms with Crippen LogP contribution in [0.4, 0.5) is 4.79 Å². The lowest BCUT2D eigenvalue weighted by Gasteiger charge is -2.19. The highest BCUT2D eigenvalue weighted by atomic mass is 16.6. The third kappa shape index (κ3) is 6.70. The Bertz CT molecular complexity index is 1510. The van der Waals surface area contributed by atoms with E-state index in [4.69, 9.17) is 18.9 Å². The molecule has 0 saturated heterocycles. The molecule has 0 atom stereocenters. The molecule has 1 N–H and O–H groups in total. The van der Waals surface area contributed by atoms with Gasteiger partial charge in [0.25, 0.3) is 5.56 Å². The van der Waals surface area contributed by atoms with Gasteiger partial charge in [0.15, 0.2) is 22.7 Å². The molecule has 0 aliphatic rings. The number of hydrogen-bond acceptors (Lipinski definition) is 8. The summed E-state index contributed by atoms with van der Waals surface area (Å²) in [6, 6.07) is 3.54. The van der Waals surface area contributed by atoms with Crippen LogP contribution < -0.4 is 30.8 Å². The molecular formula is C27H35N5O7. The molecule has 0 bridgehead atoms. The predicted octanol–water partition coefficient (Wildman–Crippen LogP) is 2.97. The Labute approximate surface area is 226 Å². The summed E-state index contributed by atoms with van der Waals surface area (Å²) < 4.78 is 26.0. The molecule has 3 aromatic rings. The molecule has 3 rings (SSSR count). The zero-order chi connectivity index (χ0) is 28.9. The third-order valence-electron chi connectivity index (χ3n) is 5.68. The number of amides is 1. The third-order valence-corrected chi connectivity index (χ3v) is 5.68. The molecule has 0 spiro atoms. The van der Waals surface area contributed by atoms with Crippen molar-refractivity contribution in [1.82, 2.24) is 24.0 Å². The minimum atomic E-state index is -0.554. The van der Waals surface area contributed by atoms with Gasteiger partial charge in [-0.3, -0.25) is 13.9 Å². The maximum absolute atomic E-state index is 12.6. The Morgan fingerprint density at radius 3 is 2.23 bits per heavy atom. The van der Waals surface area contributed by atoms with Crippen molar-refractivity contribution in [2.24, 2.45) is 21.1 Å². The van der Waals surface area contributed by atoms with Gasteiger partial charge in [0, 0.05) is 27.7 Å². The number of benzene rings is 1. The average molecular weight is 542 g/mol. The summed E-state index contributed by atoms with van der Waals surface area (Å²) >= 11 is 0. The number of aryl methyl sites for hydroxylation is 2. The van der Waals surface area contributed by atoms with E-state index in [-0.39, 0.29) is 0 Å². The van der Waals surface area contributed by atoms with Gasteiger partial charge < -0.3 is 28.8 Å². The minimum absolute atomic E-state index is 0.303. The van der Waals surface area contributed by atoms with Crippen molar-refractivity contribution in [2.75, 3.05) is 20.8 Å². The first-order valence-corrected chi connectivity index (χ1v) is 12.2. The molecule has 12 heteroatoms. The summed E-state index contributed by atoms with van der Waals surface area (Å²) in [6.07, 6.45) is 6.82. The van der Waals surface area contributed by atoms with E-state index in [9.17, 15) is 14.4 Å². The van der Waals surface area contributed by atoms with E-state index >= 15 is 0 Å². The second-order valence-corrected chi connectivity index (χ2v) is 9.70. The van der Waals surface area contributed by atoms with E-state index < -0.39 is 22.9 Å². The highest BCUT2D eigenvalue weighted by Crippen LogP contribution is 2.39. The normalized spacial score (nSPS) is 11.9. The van der Waals surface area contributed by atoms with Crippen molar-refractivity contribution in [1.29, 1.82) is 0 Å². The van der Waals surface area contributed by atoms with Gasteiger partial charge in [-0.2, -0.15) is 0 Å². The van der Waals surface area contributed by atoms with Gasteiger partial charge in [-0.1, -0.05) is 6.08 Å². The number of nitrogens with zero attached hydrogens (tertiary/aromatic N) is 4. The summed E-state index contributed by atoms with van der Waals surface area (Å²) in [5, 5.41) is 2.67. The molecule has 0 unspecified atom stereocenters. The first kappa shape index (κ1) is 29.1. The Kier molecular flexibility index (Phi) is 8.89. The number of nitrogens with one attached hydrogen (secondary N) is 1. The molecule has 0 aliphatic carbocycles. The van der Waals surface area contributed by atoms with Crippen molar-refractivity contribution in [3.8, 4) is 17.2 Å². The van der Waals surface area contributed by atoms with Crippen LogP contribution in [0.5, 0.6) is 17.2 Å². The largest absolute Gasteiger partial charge is 0.493 e. The van der Waals surface area contributed by atoms with E-state index in [0.717, 1.165) is 10.1 Å². The topological polar surface area (TPSA) is 128 Å². The SMILES string of the molecule is COc1cc(C=Cc2nc3c(c(=O)n(C)c(=O)n3C)n2C)cc(OC)c1O/C=C/CCNC(=O)OC(C)(C)C. The van der Waals surface area contributed by atoms with Gasteiger partial charge in [0.2, 0.25) is 5.75 Å². The van der Waals surface area contributed by atoms with Gasteiger partial charge in [-0.05, 0) is 57.0 Å². The van der Waals surface area contributed by atoms with E-state index in [1.807, 2.05) is 0 Å². The first-order chi connectivity index (χ1) is 18.4. The van der Waals surface area contributed by atoms with Gasteiger partial charge in [-0.15, -0.1) is 0 Å². The van der Waals surface area contributed by atoms with Crippen LogP contribution in [0.3, 0.4) is 0 Å². The number of carbonyl (C=O) groups is 1. The van der Waals surface area contributed by atoms with Crippen LogP contribution in [-0.2, 0) is 25.9 Å². The van der Waals surface area contributed by atoms with Crippen molar-refractivity contribution in [3.63, 3.8) is 0 Å². The van der Waals surface area contributed by atoms with Gasteiger partial charge in [0.1, 0.15) is 11.4 Å². The standard InChI is InChI=1S/C27H35N5O7/c1-27(2,3)39-25(34)28-13-9-10-14-38-22-18(36-7)15-17(16-19(22)37-8)11-12-20-29-23-21(30(20)4)24(33)32(6)26(35)31(23)5/h10-12,14-16H,9,13H2,1-8H3,(H,28,34)/b12-11?,14-10+. The number of hydrogen-bond donors (Lipinski definition) is 1. The van der Waals surface area contributed by atoms with Crippen LogP contribution in [0.1, 0.15) is 38.6 Å². The number of rotatable bonds is 9. The minimum Gasteiger partial charge on any atom is -0.493 e. The maximum Gasteiger partial charge on any atom is 0.407 e. The number of methoxy groups -OCH3 is 2. The molecule has 39 heavy (non-hydrogen) atoms. The number of imidazole rings is 1. The number of fused-ring (bicyclic) bond motifs is 1. The summed E-state index contributed by atoms with van der Waals surface area (Å²) in [4.78, 5) is 41.1. The van der Waals surface area contributed by atoms with Crippen LogP contribution in [0.2, 0.25) is 0 Å². The molecule has 0 aliphatic heterocycles. The zero-order valence-corrected chi connectivity index (χ0v) is 23.5. The summed E-state index contributed by atoms with van der Waals surface area (Å²) in [5.41, 5.74) is -0.0543. The molecule has 0 radical (unpaired) electrons. The van der Waals surface area contributed by atoms with Crippen molar-refractivity contribution < 1.29 is 23.7 Å². The number of alkyl carbamates (subject to hydrolysis) is 1. The summed E-state index contributed by atoms with van der Waals surface area (Å²) in [5.74, 6) is 1.75. The molecule has 2 aromatic heterocycles. The van der Waals surface area contributed by atoms with Crippen LogP contribution >= 0.6 is 0 Å². The Morgan fingerprint density at radius 1 is 1.00 bits per heavy atom. The molecule has 0 saturated carbocycles. The smallest absolute Gasteiger partial charge is 0.407 e. The Morgan fingerprint density at radius 2 is 1.64 bits per heavy atom. The lowest BCUT2D eigenvalue weighted by atomic mass is 10.1. The molecule has 1 amide bonds. The highest BCUT2D eigenvalue weighted by molar-refractivity contribution is 5.77. The van der Waals surface area contributed by atoms with E-state index in [1.54, 1.807) is 69.8 Å². The molecule has 1 aromatic carbocycles. The molecule has 210 valence electrons.